The number of rotatable bonds is 8. The van der Waals surface area contributed by atoms with Gasteiger partial charge in [0, 0.05) is 31.7 Å². The number of hydrogen-bond donors (Lipinski definition) is 2. The van der Waals surface area contributed by atoms with Gasteiger partial charge >= 0.3 is 0 Å². The monoisotopic (exact) mass is 334 g/mol. The summed E-state index contributed by atoms with van der Waals surface area (Å²) >= 11 is 0. The number of nitrogens with zero attached hydrogens (tertiary/aromatic N) is 2. The lowest BCUT2D eigenvalue weighted by atomic mass is 10.1. The van der Waals surface area contributed by atoms with Gasteiger partial charge in [-0.3, -0.25) is 14.9 Å². The maximum Gasteiger partial charge on any atom is 0.293 e. The fraction of sp³-hybridized carbons (Fsp3) is 0.588. The van der Waals surface area contributed by atoms with Gasteiger partial charge in [0.2, 0.25) is 0 Å². The Balaban J connectivity index is 2.49. The number of amides is 1. The first-order valence-corrected chi connectivity index (χ1v) is 8.41. The second-order valence-electron chi connectivity index (χ2n) is 6.60. The largest absolute Gasteiger partial charge is 0.374 e. The van der Waals surface area contributed by atoms with Crippen molar-refractivity contribution in [2.24, 2.45) is 0 Å². The molecular weight excluding hydrogens is 308 g/mol. The predicted molar refractivity (Wildman–Crippen MR) is 95.9 cm³/mol. The van der Waals surface area contributed by atoms with Crippen molar-refractivity contribution in [1.29, 1.82) is 0 Å². The Bertz CT molecular complexity index is 641. The molecule has 1 aliphatic carbocycles. The molecule has 0 bridgehead atoms. The molecule has 0 spiro atoms. The Hall–Kier alpha value is -2.31. The molecular formula is C17H26N4O3. The van der Waals surface area contributed by atoms with E-state index in [4.69, 9.17) is 0 Å². The van der Waals surface area contributed by atoms with Crippen LogP contribution in [-0.4, -0.2) is 36.5 Å². The van der Waals surface area contributed by atoms with Gasteiger partial charge in [0.05, 0.1) is 16.2 Å². The predicted octanol–water partition coefficient (Wildman–Crippen LogP) is 3.16. The molecule has 1 amide bonds. The summed E-state index contributed by atoms with van der Waals surface area (Å²) in [6.45, 7) is 7.22. The highest BCUT2D eigenvalue weighted by molar-refractivity contribution is 6.02. The number of carbonyl (C=O) groups excluding carboxylic acids is 1. The van der Waals surface area contributed by atoms with Crippen LogP contribution < -0.4 is 15.5 Å². The second-order valence-corrected chi connectivity index (χ2v) is 6.60. The number of anilines is 2. The van der Waals surface area contributed by atoms with E-state index in [1.54, 1.807) is 6.07 Å². The van der Waals surface area contributed by atoms with Crippen LogP contribution in [-0.2, 0) is 0 Å². The van der Waals surface area contributed by atoms with Crippen LogP contribution in [0.15, 0.2) is 12.1 Å². The lowest BCUT2D eigenvalue weighted by molar-refractivity contribution is -0.384. The quantitative estimate of drug-likeness (QED) is 0.563. The van der Waals surface area contributed by atoms with Crippen molar-refractivity contribution in [2.45, 2.75) is 45.6 Å². The van der Waals surface area contributed by atoms with Crippen molar-refractivity contribution in [3.8, 4) is 0 Å². The lowest BCUT2D eigenvalue weighted by Crippen LogP contribution is -2.28. The van der Waals surface area contributed by atoms with Crippen molar-refractivity contribution < 1.29 is 9.72 Å². The van der Waals surface area contributed by atoms with Crippen molar-refractivity contribution in [1.82, 2.24) is 5.32 Å². The smallest absolute Gasteiger partial charge is 0.293 e. The molecule has 1 saturated carbocycles. The average molecular weight is 334 g/mol. The summed E-state index contributed by atoms with van der Waals surface area (Å²) in [5, 5.41) is 17.6. The molecule has 2 rings (SSSR count). The van der Waals surface area contributed by atoms with Gasteiger partial charge in [-0.05, 0) is 39.2 Å². The van der Waals surface area contributed by atoms with Gasteiger partial charge in [-0.2, -0.15) is 0 Å². The Morgan fingerprint density at radius 1 is 1.38 bits per heavy atom. The van der Waals surface area contributed by atoms with E-state index in [0.29, 0.717) is 30.0 Å². The van der Waals surface area contributed by atoms with Gasteiger partial charge in [0.25, 0.3) is 11.6 Å². The van der Waals surface area contributed by atoms with Crippen LogP contribution in [0, 0.1) is 10.1 Å². The van der Waals surface area contributed by atoms with E-state index < -0.39 is 4.92 Å². The molecule has 0 saturated heterocycles. The molecule has 24 heavy (non-hydrogen) atoms. The first kappa shape index (κ1) is 18.0. The van der Waals surface area contributed by atoms with E-state index >= 15 is 0 Å². The highest BCUT2D eigenvalue weighted by Crippen LogP contribution is 2.42. The molecule has 1 aliphatic rings. The maximum absolute atomic E-state index is 12.4. The zero-order chi connectivity index (χ0) is 17.9. The zero-order valence-electron chi connectivity index (χ0n) is 14.8. The standard InChI is InChI=1S/C17H26N4O3/c1-5-9-18-16(22)12-10-15(21(23)24)13(19-17(3)7-8-17)11-14(12)20(4)6-2/h10-11,19H,5-9H2,1-4H3,(H,18,22). The molecule has 0 heterocycles. The average Bonchev–Trinajstić information content (AvgIpc) is 3.28. The third kappa shape index (κ3) is 3.96. The lowest BCUT2D eigenvalue weighted by Gasteiger charge is -2.23. The Morgan fingerprint density at radius 3 is 2.54 bits per heavy atom. The molecule has 0 atom stereocenters. The van der Waals surface area contributed by atoms with Crippen LogP contribution in [0.5, 0.6) is 0 Å². The van der Waals surface area contributed by atoms with Crippen LogP contribution in [0.25, 0.3) is 0 Å². The van der Waals surface area contributed by atoms with Gasteiger partial charge < -0.3 is 15.5 Å². The molecule has 2 N–H and O–H groups in total. The fourth-order valence-corrected chi connectivity index (χ4v) is 2.47. The number of hydrogen-bond acceptors (Lipinski definition) is 5. The minimum atomic E-state index is -0.430. The summed E-state index contributed by atoms with van der Waals surface area (Å²) in [6, 6.07) is 3.12. The summed E-state index contributed by atoms with van der Waals surface area (Å²) in [5.41, 5.74) is 1.37. The Labute approximate surface area is 142 Å². The number of benzene rings is 1. The molecule has 132 valence electrons. The maximum atomic E-state index is 12.4. The second kappa shape index (κ2) is 7.07. The van der Waals surface area contributed by atoms with Gasteiger partial charge in [0.1, 0.15) is 5.69 Å². The number of nitro benzene ring substituents is 1. The topological polar surface area (TPSA) is 87.5 Å². The third-order valence-corrected chi connectivity index (χ3v) is 4.41. The minimum Gasteiger partial charge on any atom is -0.374 e. The van der Waals surface area contributed by atoms with Gasteiger partial charge in [-0.1, -0.05) is 6.92 Å². The highest BCUT2D eigenvalue weighted by Gasteiger charge is 2.39. The van der Waals surface area contributed by atoms with Crippen molar-refractivity contribution in [2.75, 3.05) is 30.4 Å². The fourth-order valence-electron chi connectivity index (χ4n) is 2.47. The van der Waals surface area contributed by atoms with Crippen molar-refractivity contribution in [3.05, 3.63) is 27.8 Å². The van der Waals surface area contributed by atoms with Crippen LogP contribution in [0.1, 0.15) is 50.4 Å². The van der Waals surface area contributed by atoms with Crippen LogP contribution >= 0.6 is 0 Å². The Morgan fingerprint density at radius 2 is 2.04 bits per heavy atom. The van der Waals surface area contributed by atoms with E-state index in [-0.39, 0.29) is 17.1 Å². The van der Waals surface area contributed by atoms with Crippen molar-refractivity contribution in [3.63, 3.8) is 0 Å². The van der Waals surface area contributed by atoms with E-state index in [0.717, 1.165) is 19.3 Å². The van der Waals surface area contributed by atoms with E-state index in [2.05, 4.69) is 10.6 Å². The van der Waals surface area contributed by atoms with Crippen LogP contribution in [0.4, 0.5) is 17.1 Å². The van der Waals surface area contributed by atoms with Gasteiger partial charge in [0.15, 0.2) is 0 Å². The van der Waals surface area contributed by atoms with Crippen LogP contribution in [0.2, 0.25) is 0 Å². The van der Waals surface area contributed by atoms with Crippen LogP contribution in [0.3, 0.4) is 0 Å². The van der Waals surface area contributed by atoms with Crippen molar-refractivity contribution >= 4 is 23.0 Å². The van der Waals surface area contributed by atoms with Gasteiger partial charge in [-0.25, -0.2) is 0 Å². The first-order valence-electron chi connectivity index (χ1n) is 8.41. The molecule has 0 aliphatic heterocycles. The van der Waals surface area contributed by atoms with E-state index in [1.165, 1.54) is 6.07 Å². The Kier molecular flexibility index (Phi) is 5.31. The van der Waals surface area contributed by atoms with E-state index in [9.17, 15) is 14.9 Å². The molecule has 1 aromatic carbocycles. The minimum absolute atomic E-state index is 0.0574. The third-order valence-electron chi connectivity index (χ3n) is 4.41. The molecule has 7 nitrogen and oxygen atoms in total. The number of carbonyl (C=O) groups is 1. The molecule has 0 unspecified atom stereocenters. The summed E-state index contributed by atoms with van der Waals surface area (Å²) < 4.78 is 0. The summed E-state index contributed by atoms with van der Waals surface area (Å²) in [4.78, 5) is 25.4. The normalized spacial score (nSPS) is 14.8. The van der Waals surface area contributed by atoms with E-state index in [1.807, 2.05) is 32.7 Å². The molecule has 7 heteroatoms. The summed E-state index contributed by atoms with van der Waals surface area (Å²) in [5.74, 6) is -0.278. The summed E-state index contributed by atoms with van der Waals surface area (Å²) in [7, 11) is 1.88. The molecule has 0 radical (unpaired) electrons. The zero-order valence-corrected chi connectivity index (χ0v) is 14.8. The molecule has 1 aromatic rings. The number of nitrogens with one attached hydrogen (secondary N) is 2. The first-order chi connectivity index (χ1) is 11.3. The van der Waals surface area contributed by atoms with Gasteiger partial charge in [-0.15, -0.1) is 0 Å². The molecule has 0 aromatic heterocycles. The molecule has 1 fully saturated rings. The highest BCUT2D eigenvalue weighted by atomic mass is 16.6. The number of nitro groups is 1. The summed E-state index contributed by atoms with van der Waals surface area (Å²) in [6.07, 6.45) is 2.79. The SMILES string of the molecule is CCCNC(=O)c1cc([N+](=O)[O-])c(NC2(C)CC2)cc1N(C)CC.